The maximum absolute atomic E-state index is 11.9. The van der Waals surface area contributed by atoms with Gasteiger partial charge in [0.15, 0.2) is 0 Å². The van der Waals surface area contributed by atoms with Crippen LogP contribution in [0.3, 0.4) is 0 Å². The van der Waals surface area contributed by atoms with Crippen molar-refractivity contribution in [2.24, 2.45) is 0 Å². The normalized spacial score (nSPS) is 17.9. The van der Waals surface area contributed by atoms with E-state index in [0.29, 0.717) is 0 Å². The fraction of sp³-hybridized carbons (Fsp3) is 0.438. The summed E-state index contributed by atoms with van der Waals surface area (Å²) in [6, 6.07) is 6.57. The summed E-state index contributed by atoms with van der Waals surface area (Å²) in [4.78, 5) is 34.2. The fourth-order valence-electron chi connectivity index (χ4n) is 2.21. The van der Waals surface area contributed by atoms with Crippen LogP contribution in [0.5, 0.6) is 0 Å². The minimum atomic E-state index is -0.624. The van der Waals surface area contributed by atoms with E-state index in [-0.39, 0.29) is 30.1 Å². The van der Waals surface area contributed by atoms with Gasteiger partial charge in [0.05, 0.1) is 0 Å². The maximum atomic E-state index is 11.9. The van der Waals surface area contributed by atoms with Crippen molar-refractivity contribution in [3.63, 3.8) is 0 Å². The number of urea groups is 1. The topological polar surface area (TPSA) is 87.3 Å². The van der Waals surface area contributed by atoms with Gasteiger partial charge in [0.2, 0.25) is 5.91 Å². The molecule has 0 radical (unpaired) electrons. The Labute approximate surface area is 129 Å². The van der Waals surface area contributed by atoms with E-state index < -0.39 is 12.1 Å². The Balaban J connectivity index is 1.84. The molecule has 0 saturated carbocycles. The molecule has 2 rings (SSSR count). The fourth-order valence-corrected chi connectivity index (χ4v) is 2.21. The Morgan fingerprint density at radius 3 is 2.32 bits per heavy atom. The highest BCUT2D eigenvalue weighted by molar-refractivity contribution is 6.04. The molecule has 1 aliphatic rings. The average Bonchev–Trinajstić information content (AvgIpc) is 2.74. The molecule has 0 spiro atoms. The van der Waals surface area contributed by atoms with E-state index >= 15 is 0 Å². The molecule has 4 amide bonds. The third kappa shape index (κ3) is 4.07. The van der Waals surface area contributed by atoms with Crippen molar-refractivity contribution in [2.45, 2.75) is 45.1 Å². The number of hydrogen-bond acceptors (Lipinski definition) is 3. The van der Waals surface area contributed by atoms with Crippen molar-refractivity contribution in [2.75, 3.05) is 5.32 Å². The summed E-state index contributed by atoms with van der Waals surface area (Å²) in [5, 5.41) is 7.39. The third-order valence-corrected chi connectivity index (χ3v) is 3.55. The molecule has 6 heteroatoms. The molecule has 0 aromatic heterocycles. The van der Waals surface area contributed by atoms with E-state index in [0.717, 1.165) is 5.69 Å². The zero-order valence-corrected chi connectivity index (χ0v) is 13.0. The van der Waals surface area contributed by atoms with Crippen molar-refractivity contribution < 1.29 is 14.4 Å². The molecule has 1 aromatic rings. The first-order chi connectivity index (χ1) is 10.3. The van der Waals surface area contributed by atoms with Gasteiger partial charge in [0, 0.05) is 12.1 Å². The lowest BCUT2D eigenvalue weighted by molar-refractivity contribution is -0.120. The first-order valence-corrected chi connectivity index (χ1v) is 7.27. The average molecular weight is 303 g/mol. The van der Waals surface area contributed by atoms with E-state index in [1.54, 1.807) is 0 Å². The molecule has 1 heterocycles. The van der Waals surface area contributed by atoms with Gasteiger partial charge >= 0.3 is 6.03 Å². The van der Waals surface area contributed by atoms with E-state index in [9.17, 15) is 14.4 Å². The van der Waals surface area contributed by atoms with Crippen LogP contribution in [0.1, 0.15) is 39.2 Å². The summed E-state index contributed by atoms with van der Waals surface area (Å²) in [6.45, 7) is 6.38. The van der Waals surface area contributed by atoms with Crippen molar-refractivity contribution in [3.05, 3.63) is 29.8 Å². The van der Waals surface area contributed by atoms with Crippen molar-refractivity contribution in [1.29, 1.82) is 0 Å². The monoisotopic (exact) mass is 303 g/mol. The van der Waals surface area contributed by atoms with Crippen LogP contribution in [-0.4, -0.2) is 23.9 Å². The predicted molar refractivity (Wildman–Crippen MR) is 83.5 cm³/mol. The standard InChI is InChI=1S/C16H21N3O3/c1-16(2,3)10-4-6-11(7-5-10)17-13(20)9-8-12-14(21)19-15(22)18-12/h4-7,12H,8-9H2,1-3H3,(H,17,20)(H2,18,19,21,22). The lowest BCUT2D eigenvalue weighted by atomic mass is 9.87. The Morgan fingerprint density at radius 1 is 1.18 bits per heavy atom. The maximum Gasteiger partial charge on any atom is 0.322 e. The number of nitrogens with one attached hydrogen (secondary N) is 3. The molecule has 1 aliphatic heterocycles. The second kappa shape index (κ2) is 6.17. The molecular weight excluding hydrogens is 282 g/mol. The minimum Gasteiger partial charge on any atom is -0.326 e. The third-order valence-electron chi connectivity index (χ3n) is 3.55. The highest BCUT2D eigenvalue weighted by atomic mass is 16.2. The molecule has 6 nitrogen and oxygen atoms in total. The molecule has 22 heavy (non-hydrogen) atoms. The largest absolute Gasteiger partial charge is 0.326 e. The highest BCUT2D eigenvalue weighted by Gasteiger charge is 2.29. The zero-order valence-electron chi connectivity index (χ0n) is 13.0. The second-order valence-corrected chi connectivity index (χ2v) is 6.43. The van der Waals surface area contributed by atoms with Crippen LogP contribution in [0, 0.1) is 0 Å². The number of imide groups is 1. The second-order valence-electron chi connectivity index (χ2n) is 6.43. The van der Waals surface area contributed by atoms with E-state index in [1.165, 1.54) is 5.56 Å². The lowest BCUT2D eigenvalue weighted by Crippen LogP contribution is -2.30. The van der Waals surface area contributed by atoms with E-state index in [1.807, 2.05) is 24.3 Å². The summed E-state index contributed by atoms with van der Waals surface area (Å²) in [5.74, 6) is -0.565. The molecule has 0 bridgehead atoms. The molecule has 1 saturated heterocycles. The Hall–Kier alpha value is -2.37. The van der Waals surface area contributed by atoms with Gasteiger partial charge in [-0.05, 0) is 29.5 Å². The number of benzene rings is 1. The number of carbonyl (C=O) groups is 3. The van der Waals surface area contributed by atoms with Crippen LogP contribution in [0.15, 0.2) is 24.3 Å². The van der Waals surface area contributed by atoms with E-state index in [4.69, 9.17) is 0 Å². The smallest absolute Gasteiger partial charge is 0.322 e. The Bertz CT molecular complexity index is 588. The number of hydrogen-bond donors (Lipinski definition) is 3. The summed E-state index contributed by atoms with van der Waals surface area (Å²) in [6.07, 6.45) is 0.447. The molecule has 1 fully saturated rings. The lowest BCUT2D eigenvalue weighted by Gasteiger charge is -2.19. The number of anilines is 1. The van der Waals surface area contributed by atoms with Gasteiger partial charge in [-0.2, -0.15) is 0 Å². The Kier molecular flexibility index (Phi) is 4.49. The SMILES string of the molecule is CC(C)(C)c1ccc(NC(=O)CCC2NC(=O)NC2=O)cc1. The Morgan fingerprint density at radius 2 is 1.82 bits per heavy atom. The van der Waals surface area contributed by atoms with Gasteiger partial charge in [-0.3, -0.25) is 14.9 Å². The van der Waals surface area contributed by atoms with Crippen LogP contribution < -0.4 is 16.0 Å². The van der Waals surface area contributed by atoms with Crippen molar-refractivity contribution in [1.82, 2.24) is 10.6 Å². The van der Waals surface area contributed by atoms with Crippen LogP contribution in [0.2, 0.25) is 0 Å². The molecular formula is C16H21N3O3. The number of carbonyl (C=O) groups excluding carboxylic acids is 3. The van der Waals surface area contributed by atoms with Crippen LogP contribution in [-0.2, 0) is 15.0 Å². The summed E-state index contributed by atoms with van der Waals surface area (Å²) in [7, 11) is 0. The van der Waals surface area contributed by atoms with Gasteiger partial charge in [0.1, 0.15) is 6.04 Å². The van der Waals surface area contributed by atoms with Gasteiger partial charge in [-0.25, -0.2) is 4.79 Å². The predicted octanol–water partition coefficient (Wildman–Crippen LogP) is 1.91. The van der Waals surface area contributed by atoms with Crippen LogP contribution in [0.25, 0.3) is 0 Å². The van der Waals surface area contributed by atoms with Crippen molar-refractivity contribution in [3.8, 4) is 0 Å². The first kappa shape index (κ1) is 16.0. The molecule has 1 atom stereocenters. The summed E-state index contributed by atoms with van der Waals surface area (Å²) in [5.41, 5.74) is 1.98. The van der Waals surface area contributed by atoms with Crippen LogP contribution >= 0.6 is 0 Å². The first-order valence-electron chi connectivity index (χ1n) is 7.27. The van der Waals surface area contributed by atoms with Crippen LogP contribution in [0.4, 0.5) is 10.5 Å². The molecule has 3 N–H and O–H groups in total. The molecule has 1 unspecified atom stereocenters. The zero-order chi connectivity index (χ0) is 16.3. The summed E-state index contributed by atoms with van der Waals surface area (Å²) < 4.78 is 0. The van der Waals surface area contributed by atoms with Gasteiger partial charge in [-0.15, -0.1) is 0 Å². The summed E-state index contributed by atoms with van der Waals surface area (Å²) >= 11 is 0. The number of amides is 4. The highest BCUT2D eigenvalue weighted by Crippen LogP contribution is 2.23. The molecule has 1 aromatic carbocycles. The molecule has 0 aliphatic carbocycles. The van der Waals surface area contributed by atoms with Crippen molar-refractivity contribution >= 4 is 23.5 Å². The van der Waals surface area contributed by atoms with Gasteiger partial charge in [0.25, 0.3) is 5.91 Å². The van der Waals surface area contributed by atoms with Gasteiger partial charge in [-0.1, -0.05) is 32.9 Å². The number of rotatable bonds is 4. The van der Waals surface area contributed by atoms with E-state index in [2.05, 4.69) is 36.7 Å². The molecule has 118 valence electrons. The van der Waals surface area contributed by atoms with Gasteiger partial charge < -0.3 is 10.6 Å². The quantitative estimate of drug-likeness (QED) is 0.743. The minimum absolute atomic E-state index is 0.0661.